The minimum Gasteiger partial charge on any atom is -0.446 e. The molecule has 21 heavy (non-hydrogen) atoms. The smallest absolute Gasteiger partial charge is 0.275 e. The van der Waals surface area contributed by atoms with Crippen LogP contribution in [-0.2, 0) is 16.6 Å². The number of nitrogens with zero attached hydrogens (tertiary/aromatic N) is 2. The van der Waals surface area contributed by atoms with E-state index in [0.717, 1.165) is 20.3 Å². The molecule has 2 aromatic rings. The summed E-state index contributed by atoms with van der Waals surface area (Å²) in [6, 6.07) is 6.83. The van der Waals surface area contributed by atoms with E-state index in [4.69, 9.17) is 4.42 Å². The Morgan fingerprint density at radius 2 is 2.00 bits per heavy atom. The van der Waals surface area contributed by atoms with Gasteiger partial charge in [-0.25, -0.2) is 17.7 Å². The van der Waals surface area contributed by atoms with Crippen molar-refractivity contribution in [1.29, 1.82) is 0 Å². The Kier molecular flexibility index (Phi) is 4.70. The van der Waals surface area contributed by atoms with Gasteiger partial charge in [-0.1, -0.05) is 0 Å². The van der Waals surface area contributed by atoms with Crippen LogP contribution >= 0.6 is 15.9 Å². The van der Waals surface area contributed by atoms with Crippen molar-refractivity contribution in [1.82, 2.24) is 9.29 Å². The maximum atomic E-state index is 11.9. The van der Waals surface area contributed by atoms with Gasteiger partial charge in [-0.3, -0.25) is 0 Å². The highest BCUT2D eigenvalue weighted by Crippen LogP contribution is 2.20. The first-order chi connectivity index (χ1) is 9.80. The molecule has 0 saturated heterocycles. The zero-order valence-electron chi connectivity index (χ0n) is 11.9. The van der Waals surface area contributed by atoms with Gasteiger partial charge in [0.1, 0.15) is 10.4 Å². The molecule has 0 aromatic carbocycles. The van der Waals surface area contributed by atoms with Gasteiger partial charge in [0.2, 0.25) is 5.09 Å². The molecule has 0 spiro atoms. The average molecular weight is 374 g/mol. The maximum Gasteiger partial charge on any atom is 0.275 e. The molecule has 0 unspecified atom stereocenters. The fraction of sp³-hybridized carbons (Fsp3) is 0.308. The van der Waals surface area contributed by atoms with E-state index in [-0.39, 0.29) is 5.09 Å². The van der Waals surface area contributed by atoms with Crippen LogP contribution < -0.4 is 5.32 Å². The summed E-state index contributed by atoms with van der Waals surface area (Å²) < 4.78 is 31.1. The third kappa shape index (κ3) is 3.63. The molecular formula is C13H16BrN3O3S. The Hall–Kier alpha value is -1.38. The summed E-state index contributed by atoms with van der Waals surface area (Å²) in [4.78, 5) is 4.27. The van der Waals surface area contributed by atoms with Crippen molar-refractivity contribution in [2.45, 2.75) is 18.6 Å². The Morgan fingerprint density at radius 3 is 2.62 bits per heavy atom. The Labute approximate surface area is 132 Å². The third-order valence-electron chi connectivity index (χ3n) is 2.88. The molecule has 2 heterocycles. The molecule has 2 rings (SSSR count). The third-order valence-corrected chi connectivity index (χ3v) is 5.01. The van der Waals surface area contributed by atoms with Gasteiger partial charge in [0.25, 0.3) is 10.0 Å². The predicted octanol–water partition coefficient (Wildman–Crippen LogP) is 2.61. The van der Waals surface area contributed by atoms with Crippen LogP contribution in [0.1, 0.15) is 11.5 Å². The second-order valence-electron chi connectivity index (χ2n) is 4.63. The van der Waals surface area contributed by atoms with Gasteiger partial charge in [-0.05, 0) is 47.1 Å². The molecule has 0 fully saturated rings. The quantitative estimate of drug-likeness (QED) is 0.815. The second kappa shape index (κ2) is 6.17. The maximum absolute atomic E-state index is 11.9. The number of pyridine rings is 1. The van der Waals surface area contributed by atoms with Crippen molar-refractivity contribution < 1.29 is 12.8 Å². The number of aryl methyl sites for hydroxylation is 1. The van der Waals surface area contributed by atoms with Gasteiger partial charge >= 0.3 is 0 Å². The van der Waals surface area contributed by atoms with Crippen LogP contribution in [-0.4, -0.2) is 31.8 Å². The molecule has 0 bridgehead atoms. The van der Waals surface area contributed by atoms with E-state index >= 15 is 0 Å². The van der Waals surface area contributed by atoms with Crippen molar-refractivity contribution in [3.8, 4) is 0 Å². The number of furan rings is 1. The molecule has 0 atom stereocenters. The number of hydrogen-bond donors (Lipinski definition) is 1. The first-order valence-electron chi connectivity index (χ1n) is 6.19. The molecule has 114 valence electrons. The van der Waals surface area contributed by atoms with Crippen LogP contribution in [0.15, 0.2) is 38.4 Å². The number of hydrogen-bond acceptors (Lipinski definition) is 5. The molecule has 0 saturated carbocycles. The highest BCUT2D eigenvalue weighted by atomic mass is 79.9. The Bertz CT molecular complexity index is 741. The Morgan fingerprint density at radius 1 is 1.29 bits per heavy atom. The molecular weight excluding hydrogens is 358 g/mol. The molecule has 0 amide bonds. The summed E-state index contributed by atoms with van der Waals surface area (Å²) in [5.41, 5.74) is 1.71. The minimum absolute atomic E-state index is 0.0602. The van der Waals surface area contributed by atoms with Crippen LogP contribution in [0.4, 0.5) is 5.69 Å². The Balaban J connectivity index is 2.10. The molecule has 1 N–H and O–H groups in total. The zero-order chi connectivity index (χ0) is 15.6. The lowest BCUT2D eigenvalue weighted by Crippen LogP contribution is -2.21. The van der Waals surface area contributed by atoms with Crippen LogP contribution in [0.5, 0.6) is 0 Å². The first-order valence-corrected chi connectivity index (χ1v) is 8.42. The van der Waals surface area contributed by atoms with Crippen molar-refractivity contribution in [2.24, 2.45) is 0 Å². The van der Waals surface area contributed by atoms with Crippen LogP contribution in [0.2, 0.25) is 0 Å². The lowest BCUT2D eigenvalue weighted by Gasteiger charge is -2.09. The van der Waals surface area contributed by atoms with E-state index in [0.29, 0.717) is 12.3 Å². The lowest BCUT2D eigenvalue weighted by molar-refractivity contribution is 0.402. The van der Waals surface area contributed by atoms with Crippen molar-refractivity contribution in [3.05, 3.63) is 40.3 Å². The summed E-state index contributed by atoms with van der Waals surface area (Å²) in [6.07, 6.45) is 0. The first kappa shape index (κ1) is 16.0. The van der Waals surface area contributed by atoms with E-state index in [1.165, 1.54) is 20.2 Å². The zero-order valence-corrected chi connectivity index (χ0v) is 14.3. The van der Waals surface area contributed by atoms with Gasteiger partial charge in [0, 0.05) is 14.1 Å². The summed E-state index contributed by atoms with van der Waals surface area (Å²) in [5.74, 6) is 0.540. The van der Waals surface area contributed by atoms with Crippen LogP contribution in [0.25, 0.3) is 0 Å². The molecule has 0 radical (unpaired) electrons. The fourth-order valence-electron chi connectivity index (χ4n) is 1.67. The summed E-state index contributed by atoms with van der Waals surface area (Å²) in [5, 5.41) is 3.10. The number of nitrogens with one attached hydrogen (secondary N) is 1. The van der Waals surface area contributed by atoms with Crippen LogP contribution in [0.3, 0.4) is 0 Å². The lowest BCUT2D eigenvalue weighted by atomic mass is 10.3. The SMILES string of the molecule is Cc1nc(Br)ccc1NCc1ccc(S(=O)(=O)N(C)C)o1. The monoisotopic (exact) mass is 373 g/mol. The van der Waals surface area contributed by atoms with E-state index in [1.54, 1.807) is 6.07 Å². The van der Waals surface area contributed by atoms with Gasteiger partial charge in [-0.15, -0.1) is 0 Å². The number of anilines is 1. The molecule has 8 heteroatoms. The van der Waals surface area contributed by atoms with Gasteiger partial charge in [0.15, 0.2) is 0 Å². The molecule has 0 aliphatic carbocycles. The van der Waals surface area contributed by atoms with E-state index in [9.17, 15) is 8.42 Å². The standard InChI is InChI=1S/C13H16BrN3O3S/c1-9-11(5-6-12(14)16-9)15-8-10-4-7-13(20-10)21(18,19)17(2)3/h4-7,15H,8H2,1-3H3. The molecule has 0 aliphatic heterocycles. The summed E-state index contributed by atoms with van der Waals surface area (Å²) in [7, 11) is -0.603. The van der Waals surface area contributed by atoms with Crippen molar-refractivity contribution in [3.63, 3.8) is 0 Å². The van der Waals surface area contributed by atoms with Crippen molar-refractivity contribution >= 4 is 31.6 Å². The predicted molar refractivity (Wildman–Crippen MR) is 83.6 cm³/mol. The average Bonchev–Trinajstić information content (AvgIpc) is 2.87. The van der Waals surface area contributed by atoms with Crippen LogP contribution in [0, 0.1) is 6.92 Å². The van der Waals surface area contributed by atoms with E-state index < -0.39 is 10.0 Å². The van der Waals surface area contributed by atoms with E-state index in [2.05, 4.69) is 26.2 Å². The molecule has 6 nitrogen and oxygen atoms in total. The van der Waals surface area contributed by atoms with Gasteiger partial charge < -0.3 is 9.73 Å². The fourth-order valence-corrected chi connectivity index (χ4v) is 2.88. The number of rotatable bonds is 5. The molecule has 0 aliphatic rings. The topological polar surface area (TPSA) is 75.4 Å². The van der Waals surface area contributed by atoms with Gasteiger partial charge in [-0.2, -0.15) is 0 Å². The summed E-state index contributed by atoms with van der Waals surface area (Å²) >= 11 is 3.30. The number of aromatic nitrogens is 1. The number of sulfonamides is 1. The minimum atomic E-state index is -3.53. The molecule has 2 aromatic heterocycles. The largest absolute Gasteiger partial charge is 0.446 e. The van der Waals surface area contributed by atoms with E-state index in [1.807, 2.05) is 19.1 Å². The highest BCUT2D eigenvalue weighted by Gasteiger charge is 2.21. The highest BCUT2D eigenvalue weighted by molar-refractivity contribution is 9.10. The number of halogens is 1. The van der Waals surface area contributed by atoms with Gasteiger partial charge in [0.05, 0.1) is 17.9 Å². The van der Waals surface area contributed by atoms with Crippen molar-refractivity contribution in [2.75, 3.05) is 19.4 Å². The second-order valence-corrected chi connectivity index (χ2v) is 7.52. The normalized spacial score (nSPS) is 11.9. The summed E-state index contributed by atoms with van der Waals surface area (Å²) in [6.45, 7) is 2.27.